The molecule has 3 N–H and O–H groups in total. The first-order valence-electron chi connectivity index (χ1n) is 9.48. The van der Waals surface area contributed by atoms with Crippen molar-refractivity contribution in [3.05, 3.63) is 47.9 Å². The summed E-state index contributed by atoms with van der Waals surface area (Å²) in [5.41, 5.74) is -2.63. The molecule has 3 aromatic heterocycles. The fourth-order valence-electron chi connectivity index (χ4n) is 2.49. The minimum absolute atomic E-state index is 0.0168. The van der Waals surface area contributed by atoms with Crippen LogP contribution in [0.1, 0.15) is 24.7 Å². The molecule has 1 atom stereocenters. The van der Waals surface area contributed by atoms with Crippen molar-refractivity contribution in [1.82, 2.24) is 24.9 Å². The molecule has 176 valence electrons. The molecule has 0 amide bonds. The smallest absolute Gasteiger partial charge is 0.391 e. The van der Waals surface area contributed by atoms with E-state index in [1.54, 1.807) is 6.92 Å². The summed E-state index contributed by atoms with van der Waals surface area (Å²) in [5.74, 6) is -0.650. The van der Waals surface area contributed by atoms with Gasteiger partial charge in [0.2, 0.25) is 11.9 Å². The number of anilines is 3. The zero-order valence-corrected chi connectivity index (χ0v) is 16.9. The SMILES string of the molecule is CCC(O)CNc1nc(Nc2ccnc(C(F)(F)F)c2)nc(-c2cccc(C(F)(F)F)n2)n1. The lowest BCUT2D eigenvalue weighted by Crippen LogP contribution is -2.20. The van der Waals surface area contributed by atoms with E-state index in [9.17, 15) is 31.4 Å². The maximum atomic E-state index is 13.0. The molecule has 8 nitrogen and oxygen atoms in total. The van der Waals surface area contributed by atoms with Crippen LogP contribution in [0.25, 0.3) is 11.5 Å². The van der Waals surface area contributed by atoms with Crippen LogP contribution in [0.2, 0.25) is 0 Å². The number of alkyl halides is 6. The third-order valence-electron chi connectivity index (χ3n) is 4.18. The molecule has 3 rings (SSSR count). The highest BCUT2D eigenvalue weighted by molar-refractivity contribution is 5.59. The van der Waals surface area contributed by atoms with Gasteiger partial charge >= 0.3 is 12.4 Å². The van der Waals surface area contributed by atoms with Crippen molar-refractivity contribution in [2.45, 2.75) is 31.8 Å². The highest BCUT2D eigenvalue weighted by Crippen LogP contribution is 2.31. The van der Waals surface area contributed by atoms with E-state index in [1.807, 2.05) is 0 Å². The fourth-order valence-corrected chi connectivity index (χ4v) is 2.49. The van der Waals surface area contributed by atoms with E-state index in [-0.39, 0.29) is 35.6 Å². The van der Waals surface area contributed by atoms with Crippen LogP contribution in [0, 0.1) is 0 Å². The quantitative estimate of drug-likeness (QED) is 0.436. The molecule has 1 unspecified atom stereocenters. The number of pyridine rings is 2. The third kappa shape index (κ3) is 6.47. The first-order valence-corrected chi connectivity index (χ1v) is 9.48. The van der Waals surface area contributed by atoms with Gasteiger partial charge in [0, 0.05) is 18.4 Å². The van der Waals surface area contributed by atoms with Crippen molar-refractivity contribution in [3.8, 4) is 11.5 Å². The minimum Gasteiger partial charge on any atom is -0.391 e. The number of rotatable bonds is 7. The zero-order valence-electron chi connectivity index (χ0n) is 16.9. The molecular formula is C19H17F6N7O. The summed E-state index contributed by atoms with van der Waals surface area (Å²) in [7, 11) is 0. The molecular weight excluding hydrogens is 456 g/mol. The molecule has 0 radical (unpaired) electrons. The highest BCUT2D eigenvalue weighted by atomic mass is 19.4. The molecule has 0 aliphatic heterocycles. The van der Waals surface area contributed by atoms with Gasteiger partial charge in [0.25, 0.3) is 0 Å². The molecule has 3 aromatic rings. The van der Waals surface area contributed by atoms with E-state index in [2.05, 4.69) is 35.6 Å². The number of nitrogens with zero attached hydrogens (tertiary/aromatic N) is 5. The van der Waals surface area contributed by atoms with Gasteiger partial charge in [-0.1, -0.05) is 13.0 Å². The van der Waals surface area contributed by atoms with Crippen LogP contribution in [-0.2, 0) is 12.4 Å². The van der Waals surface area contributed by atoms with Gasteiger partial charge in [0.1, 0.15) is 17.1 Å². The lowest BCUT2D eigenvalue weighted by molar-refractivity contribution is -0.141. The van der Waals surface area contributed by atoms with E-state index in [0.717, 1.165) is 24.4 Å². The van der Waals surface area contributed by atoms with Gasteiger partial charge in [0.15, 0.2) is 5.82 Å². The van der Waals surface area contributed by atoms with Crippen molar-refractivity contribution in [3.63, 3.8) is 0 Å². The lowest BCUT2D eigenvalue weighted by atomic mass is 10.3. The van der Waals surface area contributed by atoms with Crippen LogP contribution in [0.3, 0.4) is 0 Å². The first kappa shape index (κ1) is 24.1. The predicted octanol–water partition coefficient (Wildman–Crippen LogP) is 4.29. The van der Waals surface area contributed by atoms with Gasteiger partial charge in [0.05, 0.1) is 6.10 Å². The van der Waals surface area contributed by atoms with E-state index in [1.165, 1.54) is 12.1 Å². The Morgan fingerprint density at radius 3 is 2.27 bits per heavy atom. The average Bonchev–Trinajstić information content (AvgIpc) is 2.76. The maximum Gasteiger partial charge on any atom is 0.433 e. The van der Waals surface area contributed by atoms with Gasteiger partial charge in [-0.3, -0.25) is 4.98 Å². The summed E-state index contributed by atoms with van der Waals surface area (Å²) in [4.78, 5) is 18.8. The summed E-state index contributed by atoms with van der Waals surface area (Å²) in [6.07, 6.45) is -8.82. The highest BCUT2D eigenvalue weighted by Gasteiger charge is 2.33. The van der Waals surface area contributed by atoms with E-state index in [4.69, 9.17) is 0 Å². The Morgan fingerprint density at radius 1 is 0.909 bits per heavy atom. The Labute approximate surface area is 183 Å². The van der Waals surface area contributed by atoms with Crippen LogP contribution in [0.4, 0.5) is 43.9 Å². The van der Waals surface area contributed by atoms with E-state index >= 15 is 0 Å². The topological polar surface area (TPSA) is 109 Å². The van der Waals surface area contributed by atoms with Gasteiger partial charge in [-0.2, -0.15) is 41.3 Å². The lowest BCUT2D eigenvalue weighted by Gasteiger charge is -2.13. The van der Waals surface area contributed by atoms with Crippen molar-refractivity contribution >= 4 is 17.6 Å². The number of aliphatic hydroxyl groups excluding tert-OH is 1. The molecule has 0 saturated heterocycles. The van der Waals surface area contributed by atoms with Crippen molar-refractivity contribution in [1.29, 1.82) is 0 Å². The number of hydrogen-bond acceptors (Lipinski definition) is 8. The zero-order chi connectivity index (χ0) is 24.2. The molecule has 0 saturated carbocycles. The first-order chi connectivity index (χ1) is 15.5. The Morgan fingerprint density at radius 2 is 1.61 bits per heavy atom. The number of halogens is 6. The van der Waals surface area contributed by atoms with Crippen LogP contribution in [0.15, 0.2) is 36.5 Å². The normalized spacial score (nSPS) is 13.0. The van der Waals surface area contributed by atoms with Crippen molar-refractivity contribution in [2.24, 2.45) is 0 Å². The maximum absolute atomic E-state index is 13.0. The Hall–Kier alpha value is -3.55. The van der Waals surface area contributed by atoms with Crippen molar-refractivity contribution in [2.75, 3.05) is 17.2 Å². The Kier molecular flexibility index (Phi) is 6.95. The fraction of sp³-hybridized carbons (Fsp3) is 0.316. The minimum atomic E-state index is -4.71. The molecule has 0 aromatic carbocycles. The second kappa shape index (κ2) is 9.52. The second-order valence-electron chi connectivity index (χ2n) is 6.71. The second-order valence-corrected chi connectivity index (χ2v) is 6.71. The van der Waals surface area contributed by atoms with Gasteiger partial charge in [-0.25, -0.2) is 4.98 Å². The summed E-state index contributed by atoms with van der Waals surface area (Å²) < 4.78 is 77.9. The van der Waals surface area contributed by atoms with Gasteiger partial charge < -0.3 is 15.7 Å². The molecule has 0 aliphatic rings. The van der Waals surface area contributed by atoms with Crippen LogP contribution in [-0.4, -0.2) is 42.7 Å². The summed E-state index contributed by atoms with van der Waals surface area (Å²) in [5, 5.41) is 15.0. The number of aromatic nitrogens is 5. The molecule has 14 heteroatoms. The Bertz CT molecular complexity index is 1110. The summed E-state index contributed by atoms with van der Waals surface area (Å²) in [6.45, 7) is 1.75. The average molecular weight is 473 g/mol. The predicted molar refractivity (Wildman–Crippen MR) is 105 cm³/mol. The third-order valence-corrected chi connectivity index (χ3v) is 4.18. The van der Waals surface area contributed by atoms with Gasteiger partial charge in [-0.15, -0.1) is 0 Å². The summed E-state index contributed by atoms with van der Waals surface area (Å²) >= 11 is 0. The monoisotopic (exact) mass is 473 g/mol. The van der Waals surface area contributed by atoms with Crippen LogP contribution >= 0.6 is 0 Å². The number of aliphatic hydroxyl groups is 1. The van der Waals surface area contributed by atoms with Crippen molar-refractivity contribution < 1.29 is 31.4 Å². The molecule has 0 bridgehead atoms. The van der Waals surface area contributed by atoms with Crippen LogP contribution < -0.4 is 10.6 Å². The van der Waals surface area contributed by atoms with Crippen LogP contribution in [0.5, 0.6) is 0 Å². The molecule has 0 aliphatic carbocycles. The Balaban J connectivity index is 2.00. The molecule has 0 spiro atoms. The standard InChI is InChI=1S/C19H17F6N7O/c1-2-11(33)9-27-16-30-15(12-4-3-5-13(29-12)18(20,21)22)31-17(32-16)28-10-6-7-26-14(8-10)19(23,24)25/h3-8,11,33H,2,9H2,1H3,(H2,26,27,28,30,31,32). The van der Waals surface area contributed by atoms with E-state index < -0.39 is 29.8 Å². The molecule has 0 fully saturated rings. The molecule has 3 heterocycles. The number of nitrogens with one attached hydrogen (secondary N) is 2. The largest absolute Gasteiger partial charge is 0.433 e. The summed E-state index contributed by atoms with van der Waals surface area (Å²) in [6, 6.07) is 5.09. The number of hydrogen-bond donors (Lipinski definition) is 3. The molecule has 33 heavy (non-hydrogen) atoms. The van der Waals surface area contributed by atoms with E-state index in [0.29, 0.717) is 6.42 Å². The van der Waals surface area contributed by atoms with Gasteiger partial charge in [-0.05, 0) is 30.7 Å².